The molecule has 1 aliphatic rings. The van der Waals surface area contributed by atoms with E-state index in [0.29, 0.717) is 23.8 Å². The molecule has 0 atom stereocenters. The topological polar surface area (TPSA) is 73.9 Å². The van der Waals surface area contributed by atoms with E-state index in [4.69, 9.17) is 14.2 Å². The summed E-state index contributed by atoms with van der Waals surface area (Å²) in [6.07, 6.45) is 0.164. The van der Waals surface area contributed by atoms with Gasteiger partial charge in [0.1, 0.15) is 5.82 Å². The van der Waals surface area contributed by atoms with Gasteiger partial charge in [-0.15, -0.1) is 11.8 Å². The molecule has 6 nitrogen and oxygen atoms in total. The number of amides is 1. The molecule has 1 aliphatic heterocycles. The quantitative estimate of drug-likeness (QED) is 0.551. The first kappa shape index (κ1) is 19.0. The van der Waals surface area contributed by atoms with E-state index in [0.717, 1.165) is 10.5 Å². The predicted molar refractivity (Wildman–Crippen MR) is 97.1 cm³/mol. The van der Waals surface area contributed by atoms with E-state index in [-0.39, 0.29) is 31.5 Å². The molecule has 2 aromatic carbocycles. The standard InChI is InChI=1S/C19H18FNO5S/c20-14-2-4-15(5-3-14)27-8-7-19(23)24-11-18(22)21-10-13-1-6-16-17(9-13)26-12-25-16/h1-6,9H,7-8,10-12H2,(H,21,22). The normalized spacial score (nSPS) is 11.9. The van der Waals surface area contributed by atoms with Crippen molar-refractivity contribution in [1.82, 2.24) is 5.32 Å². The number of nitrogens with one attached hydrogen (secondary N) is 1. The van der Waals surface area contributed by atoms with Gasteiger partial charge in [-0.25, -0.2) is 4.39 Å². The van der Waals surface area contributed by atoms with Crippen molar-refractivity contribution in [2.45, 2.75) is 17.9 Å². The minimum atomic E-state index is -0.456. The molecule has 2 aromatic rings. The molecule has 1 amide bonds. The lowest BCUT2D eigenvalue weighted by Crippen LogP contribution is -2.28. The molecule has 8 heteroatoms. The number of esters is 1. The zero-order valence-electron chi connectivity index (χ0n) is 14.4. The SMILES string of the molecule is O=C(COC(=O)CCSc1ccc(F)cc1)NCc1ccc2c(c1)OCO2. The van der Waals surface area contributed by atoms with Crippen LogP contribution in [-0.4, -0.2) is 31.0 Å². The van der Waals surface area contributed by atoms with Crippen molar-refractivity contribution in [1.29, 1.82) is 0 Å². The molecule has 0 spiro atoms. The number of carbonyl (C=O) groups is 2. The number of ether oxygens (including phenoxy) is 3. The second-order valence-corrected chi connectivity index (χ2v) is 6.85. The number of benzene rings is 2. The number of fused-ring (bicyclic) bond motifs is 1. The number of halogens is 1. The highest BCUT2D eigenvalue weighted by atomic mass is 32.2. The Bertz CT molecular complexity index is 812. The van der Waals surface area contributed by atoms with Crippen LogP contribution in [0.2, 0.25) is 0 Å². The van der Waals surface area contributed by atoms with Gasteiger partial charge in [-0.1, -0.05) is 6.07 Å². The van der Waals surface area contributed by atoms with Gasteiger partial charge >= 0.3 is 5.97 Å². The van der Waals surface area contributed by atoms with Crippen molar-refractivity contribution >= 4 is 23.6 Å². The number of hydrogen-bond acceptors (Lipinski definition) is 6. The van der Waals surface area contributed by atoms with E-state index in [1.54, 1.807) is 24.3 Å². The second-order valence-electron chi connectivity index (χ2n) is 5.68. The molecule has 0 radical (unpaired) electrons. The van der Waals surface area contributed by atoms with Crippen LogP contribution in [0.3, 0.4) is 0 Å². The van der Waals surface area contributed by atoms with E-state index in [9.17, 15) is 14.0 Å². The zero-order valence-corrected chi connectivity index (χ0v) is 15.2. The zero-order chi connectivity index (χ0) is 19.1. The molecule has 142 valence electrons. The summed E-state index contributed by atoms with van der Waals surface area (Å²) in [5.41, 5.74) is 0.856. The first-order valence-corrected chi connectivity index (χ1v) is 9.28. The van der Waals surface area contributed by atoms with Gasteiger partial charge in [0, 0.05) is 17.2 Å². The lowest BCUT2D eigenvalue weighted by Gasteiger charge is -2.07. The highest BCUT2D eigenvalue weighted by molar-refractivity contribution is 7.99. The van der Waals surface area contributed by atoms with Crippen LogP contribution in [0.5, 0.6) is 11.5 Å². The van der Waals surface area contributed by atoms with Gasteiger partial charge in [-0.3, -0.25) is 9.59 Å². The van der Waals surface area contributed by atoms with Crippen molar-refractivity contribution in [2.24, 2.45) is 0 Å². The van der Waals surface area contributed by atoms with E-state index in [1.807, 2.05) is 6.07 Å². The molecular formula is C19H18FNO5S. The summed E-state index contributed by atoms with van der Waals surface area (Å²) in [7, 11) is 0. The van der Waals surface area contributed by atoms with E-state index in [2.05, 4.69) is 5.32 Å². The fourth-order valence-corrected chi connectivity index (χ4v) is 3.14. The van der Waals surface area contributed by atoms with Gasteiger partial charge in [-0.05, 0) is 42.0 Å². The summed E-state index contributed by atoms with van der Waals surface area (Å²) in [5.74, 6) is 0.674. The highest BCUT2D eigenvalue weighted by Gasteiger charge is 2.13. The van der Waals surface area contributed by atoms with Gasteiger partial charge in [0.2, 0.25) is 6.79 Å². The average Bonchev–Trinajstić information content (AvgIpc) is 3.14. The minimum Gasteiger partial charge on any atom is -0.456 e. The third kappa shape index (κ3) is 5.89. The van der Waals surface area contributed by atoms with E-state index < -0.39 is 5.97 Å². The smallest absolute Gasteiger partial charge is 0.307 e. The van der Waals surface area contributed by atoms with Crippen LogP contribution < -0.4 is 14.8 Å². The van der Waals surface area contributed by atoms with Crippen LogP contribution in [0.15, 0.2) is 47.4 Å². The third-order valence-corrected chi connectivity index (χ3v) is 4.69. The largest absolute Gasteiger partial charge is 0.456 e. The summed E-state index contributed by atoms with van der Waals surface area (Å²) in [6, 6.07) is 11.4. The molecule has 1 N–H and O–H groups in total. The van der Waals surface area contributed by atoms with Crippen LogP contribution in [0.4, 0.5) is 4.39 Å². The number of rotatable bonds is 8. The highest BCUT2D eigenvalue weighted by Crippen LogP contribution is 2.32. The first-order valence-electron chi connectivity index (χ1n) is 8.29. The van der Waals surface area contributed by atoms with Crippen molar-refractivity contribution < 1.29 is 28.2 Å². The van der Waals surface area contributed by atoms with Gasteiger partial charge in [-0.2, -0.15) is 0 Å². The summed E-state index contributed by atoms with van der Waals surface area (Å²) in [6.45, 7) is 0.165. The van der Waals surface area contributed by atoms with Crippen molar-refractivity contribution in [2.75, 3.05) is 19.2 Å². The van der Waals surface area contributed by atoms with E-state index >= 15 is 0 Å². The fraction of sp³-hybridized carbons (Fsp3) is 0.263. The van der Waals surface area contributed by atoms with Gasteiger partial charge < -0.3 is 19.5 Å². The number of thioether (sulfide) groups is 1. The summed E-state index contributed by atoms with van der Waals surface area (Å²) in [5, 5.41) is 2.68. The maximum Gasteiger partial charge on any atom is 0.307 e. The predicted octanol–water partition coefficient (Wildman–Crippen LogP) is 2.90. The molecule has 0 unspecified atom stereocenters. The third-order valence-electron chi connectivity index (χ3n) is 3.68. The Morgan fingerprint density at radius 3 is 2.70 bits per heavy atom. The van der Waals surface area contributed by atoms with Crippen LogP contribution in [-0.2, 0) is 20.9 Å². The number of carbonyl (C=O) groups excluding carboxylic acids is 2. The second kappa shape index (κ2) is 9.27. The molecule has 0 saturated carbocycles. The fourth-order valence-electron chi connectivity index (χ4n) is 2.30. The minimum absolute atomic E-state index is 0.164. The lowest BCUT2D eigenvalue weighted by molar-refractivity contribution is -0.148. The van der Waals surface area contributed by atoms with Gasteiger partial charge in [0.15, 0.2) is 18.1 Å². The Morgan fingerprint density at radius 1 is 1.11 bits per heavy atom. The molecule has 0 bridgehead atoms. The summed E-state index contributed by atoms with van der Waals surface area (Å²) < 4.78 is 28.3. The molecule has 1 heterocycles. The Labute approximate surface area is 160 Å². The van der Waals surface area contributed by atoms with Crippen LogP contribution in [0, 0.1) is 5.82 Å². The molecule has 3 rings (SSSR count). The molecule has 27 heavy (non-hydrogen) atoms. The molecule has 0 saturated heterocycles. The first-order chi connectivity index (χ1) is 13.1. The Morgan fingerprint density at radius 2 is 1.89 bits per heavy atom. The lowest BCUT2D eigenvalue weighted by atomic mass is 10.2. The molecule has 0 fully saturated rings. The molecule has 0 aromatic heterocycles. The van der Waals surface area contributed by atoms with Crippen molar-refractivity contribution in [3.63, 3.8) is 0 Å². The average molecular weight is 391 g/mol. The Kier molecular flexibility index (Phi) is 6.54. The summed E-state index contributed by atoms with van der Waals surface area (Å²) in [4.78, 5) is 24.4. The van der Waals surface area contributed by atoms with Gasteiger partial charge in [0.05, 0.1) is 6.42 Å². The van der Waals surface area contributed by atoms with Crippen LogP contribution in [0.25, 0.3) is 0 Å². The molecule has 0 aliphatic carbocycles. The molecular weight excluding hydrogens is 373 g/mol. The Balaban J connectivity index is 1.31. The Hall–Kier alpha value is -2.74. The monoisotopic (exact) mass is 391 g/mol. The maximum absolute atomic E-state index is 12.8. The number of hydrogen-bond donors (Lipinski definition) is 1. The van der Waals surface area contributed by atoms with Crippen LogP contribution in [0.1, 0.15) is 12.0 Å². The van der Waals surface area contributed by atoms with Crippen molar-refractivity contribution in [3.8, 4) is 11.5 Å². The maximum atomic E-state index is 12.8. The van der Waals surface area contributed by atoms with Crippen LogP contribution >= 0.6 is 11.8 Å². The van der Waals surface area contributed by atoms with Crippen molar-refractivity contribution in [3.05, 3.63) is 53.8 Å². The van der Waals surface area contributed by atoms with E-state index in [1.165, 1.54) is 23.9 Å². The van der Waals surface area contributed by atoms with Gasteiger partial charge in [0.25, 0.3) is 5.91 Å². The summed E-state index contributed by atoms with van der Waals surface area (Å²) >= 11 is 1.42.